The highest BCUT2D eigenvalue weighted by molar-refractivity contribution is 5.99. The fraction of sp³-hybridized carbons (Fsp3) is 0.444. The molecular weight excluding hydrogens is 357 g/mol. The maximum atomic E-state index is 13.7. The quantitative estimate of drug-likeness (QED) is 0.862. The van der Waals surface area contributed by atoms with Crippen LogP contribution >= 0.6 is 0 Å². The molecule has 9 heteroatoms. The van der Waals surface area contributed by atoms with Crippen molar-refractivity contribution in [2.24, 2.45) is 0 Å². The summed E-state index contributed by atoms with van der Waals surface area (Å²) in [6.07, 6.45) is -0.00328. The first-order chi connectivity index (χ1) is 13.0. The van der Waals surface area contributed by atoms with Gasteiger partial charge in [-0.1, -0.05) is 5.16 Å². The normalized spacial score (nSPS) is 22.7. The Morgan fingerprint density at radius 2 is 2.22 bits per heavy atom. The molecule has 0 bridgehead atoms. The zero-order chi connectivity index (χ0) is 19.1. The van der Waals surface area contributed by atoms with Crippen LogP contribution in [0.15, 0.2) is 22.7 Å². The Morgan fingerprint density at radius 1 is 1.41 bits per heavy atom. The molecule has 2 aromatic rings. The van der Waals surface area contributed by atoms with Crippen molar-refractivity contribution in [2.45, 2.75) is 12.1 Å². The first kappa shape index (κ1) is 17.7. The van der Waals surface area contributed by atoms with Gasteiger partial charge >= 0.3 is 5.97 Å². The van der Waals surface area contributed by atoms with E-state index in [9.17, 15) is 14.3 Å². The van der Waals surface area contributed by atoms with Gasteiger partial charge in [-0.15, -0.1) is 0 Å². The van der Waals surface area contributed by atoms with Crippen LogP contribution in [0.3, 0.4) is 0 Å². The number of hydrogen-bond acceptors (Lipinski definition) is 7. The topological polar surface area (TPSA) is 88.3 Å². The fourth-order valence-corrected chi connectivity index (χ4v) is 3.72. The molecule has 1 aromatic carbocycles. The first-order valence-corrected chi connectivity index (χ1v) is 8.63. The Morgan fingerprint density at radius 3 is 2.93 bits per heavy atom. The summed E-state index contributed by atoms with van der Waals surface area (Å²) in [4.78, 5) is 16.0. The number of methoxy groups -OCH3 is 1. The van der Waals surface area contributed by atoms with Gasteiger partial charge in [0.2, 0.25) is 0 Å². The van der Waals surface area contributed by atoms with Crippen LogP contribution in [-0.2, 0) is 4.74 Å². The molecule has 0 amide bonds. The molecule has 0 aliphatic carbocycles. The molecule has 0 unspecified atom stereocenters. The van der Waals surface area contributed by atoms with Crippen LogP contribution in [0.5, 0.6) is 5.75 Å². The third-order valence-electron chi connectivity index (χ3n) is 5.18. The van der Waals surface area contributed by atoms with Crippen molar-refractivity contribution < 1.29 is 28.3 Å². The number of carboxylic acid groups (broad SMARTS) is 1. The summed E-state index contributed by atoms with van der Waals surface area (Å²) < 4.78 is 29.8. The van der Waals surface area contributed by atoms with Crippen molar-refractivity contribution in [2.75, 3.05) is 45.3 Å². The standard InChI is InChI=1S/C18H20FN3O5/c1-21-5-6-26-14-9-22(8-12(14)21)17-15(18(23)24)16(27-20-17)10-3-4-11(19)13(7-10)25-2/h3-4,7,12,14H,5-6,8-9H2,1-2H3,(H,23,24)/t12-,14-/m0/s1. The second-order valence-corrected chi connectivity index (χ2v) is 6.73. The van der Waals surface area contributed by atoms with Crippen LogP contribution in [0.25, 0.3) is 11.3 Å². The molecule has 0 radical (unpaired) electrons. The van der Waals surface area contributed by atoms with Gasteiger partial charge in [-0.3, -0.25) is 4.90 Å². The maximum absolute atomic E-state index is 13.7. The molecule has 27 heavy (non-hydrogen) atoms. The molecular formula is C18H20FN3O5. The van der Waals surface area contributed by atoms with Gasteiger partial charge in [0.05, 0.1) is 25.9 Å². The number of carbonyl (C=O) groups is 1. The summed E-state index contributed by atoms with van der Waals surface area (Å²) in [7, 11) is 3.37. The highest BCUT2D eigenvalue weighted by Gasteiger charge is 2.41. The van der Waals surface area contributed by atoms with E-state index >= 15 is 0 Å². The Bertz CT molecular complexity index is 871. The Labute approximate surface area is 155 Å². The first-order valence-electron chi connectivity index (χ1n) is 8.63. The molecule has 3 heterocycles. The van der Waals surface area contributed by atoms with E-state index < -0.39 is 11.8 Å². The number of rotatable bonds is 4. The molecule has 1 N–H and O–H groups in total. The Kier molecular flexibility index (Phi) is 4.48. The van der Waals surface area contributed by atoms with Crippen LogP contribution in [-0.4, -0.2) is 73.7 Å². The highest BCUT2D eigenvalue weighted by Crippen LogP contribution is 2.36. The second kappa shape index (κ2) is 6.82. The van der Waals surface area contributed by atoms with Crippen LogP contribution < -0.4 is 9.64 Å². The van der Waals surface area contributed by atoms with Gasteiger partial charge in [-0.2, -0.15) is 0 Å². The van der Waals surface area contributed by atoms with Gasteiger partial charge < -0.3 is 24.0 Å². The van der Waals surface area contributed by atoms with Gasteiger partial charge in [-0.25, -0.2) is 9.18 Å². The number of benzene rings is 1. The van der Waals surface area contributed by atoms with E-state index in [1.54, 1.807) is 0 Å². The van der Waals surface area contributed by atoms with Crippen molar-refractivity contribution in [3.63, 3.8) is 0 Å². The van der Waals surface area contributed by atoms with Gasteiger partial charge in [-0.05, 0) is 25.2 Å². The van der Waals surface area contributed by atoms with Crippen molar-refractivity contribution in [3.05, 3.63) is 29.6 Å². The molecule has 0 saturated carbocycles. The third-order valence-corrected chi connectivity index (χ3v) is 5.18. The van der Waals surface area contributed by atoms with Crippen LogP contribution in [0.2, 0.25) is 0 Å². The number of likely N-dealkylation sites (N-methyl/N-ethyl adjacent to an activating group) is 1. The summed E-state index contributed by atoms with van der Waals surface area (Å²) >= 11 is 0. The largest absolute Gasteiger partial charge is 0.494 e. The zero-order valence-corrected chi connectivity index (χ0v) is 15.0. The van der Waals surface area contributed by atoms with Crippen molar-refractivity contribution in [1.82, 2.24) is 10.1 Å². The lowest BCUT2D eigenvalue weighted by Gasteiger charge is -2.33. The molecule has 0 spiro atoms. The van der Waals surface area contributed by atoms with Crippen LogP contribution in [0, 0.1) is 5.82 Å². The van der Waals surface area contributed by atoms with E-state index in [4.69, 9.17) is 14.0 Å². The third kappa shape index (κ3) is 3.02. The number of anilines is 1. The highest BCUT2D eigenvalue weighted by atomic mass is 19.1. The van der Waals surface area contributed by atoms with Crippen LogP contribution in [0.1, 0.15) is 10.4 Å². The summed E-state index contributed by atoms with van der Waals surface area (Å²) in [5, 5.41) is 13.8. The van der Waals surface area contributed by atoms with E-state index in [-0.39, 0.29) is 35.0 Å². The molecule has 2 fully saturated rings. The zero-order valence-electron chi connectivity index (χ0n) is 15.0. The van der Waals surface area contributed by atoms with E-state index in [1.165, 1.54) is 25.3 Å². The SMILES string of the molecule is COc1cc(-c2onc(N3C[C@@H]4OCCN(C)[C@H]4C3)c2C(=O)O)ccc1F. The van der Waals surface area contributed by atoms with E-state index in [2.05, 4.69) is 10.1 Å². The summed E-state index contributed by atoms with van der Waals surface area (Å²) in [5.74, 6) is -1.37. The molecule has 144 valence electrons. The molecule has 1 aromatic heterocycles. The molecule has 8 nitrogen and oxygen atoms in total. The number of morpholine rings is 1. The lowest BCUT2D eigenvalue weighted by molar-refractivity contribution is -0.0362. The summed E-state index contributed by atoms with van der Waals surface area (Å²) in [6, 6.07) is 4.21. The lowest BCUT2D eigenvalue weighted by atomic mass is 10.1. The van der Waals surface area contributed by atoms with Crippen molar-refractivity contribution in [3.8, 4) is 17.1 Å². The number of nitrogens with zero attached hydrogens (tertiary/aromatic N) is 3. The van der Waals surface area contributed by atoms with Crippen LogP contribution in [0.4, 0.5) is 10.2 Å². The smallest absolute Gasteiger partial charge is 0.343 e. The number of halogens is 1. The minimum Gasteiger partial charge on any atom is -0.494 e. The van der Waals surface area contributed by atoms with Gasteiger partial charge in [0.1, 0.15) is 0 Å². The Balaban J connectivity index is 1.71. The van der Waals surface area contributed by atoms with Crippen molar-refractivity contribution >= 4 is 11.8 Å². The molecule has 2 saturated heterocycles. The maximum Gasteiger partial charge on any atom is 0.343 e. The number of ether oxygens (including phenoxy) is 2. The minimum atomic E-state index is -1.16. The average Bonchev–Trinajstić information content (AvgIpc) is 3.27. The molecule has 2 aliphatic rings. The average molecular weight is 377 g/mol. The van der Waals surface area contributed by atoms with Gasteiger partial charge in [0.15, 0.2) is 28.7 Å². The predicted molar refractivity (Wildman–Crippen MR) is 93.8 cm³/mol. The molecule has 2 aliphatic heterocycles. The predicted octanol–water partition coefficient (Wildman–Crippen LogP) is 1.71. The van der Waals surface area contributed by atoms with E-state index in [0.29, 0.717) is 25.3 Å². The number of carboxylic acids is 1. The molecule has 4 rings (SSSR count). The van der Waals surface area contributed by atoms with E-state index in [1.807, 2.05) is 11.9 Å². The lowest BCUT2D eigenvalue weighted by Crippen LogP contribution is -2.48. The van der Waals surface area contributed by atoms with E-state index in [0.717, 1.165) is 6.54 Å². The van der Waals surface area contributed by atoms with Gasteiger partial charge in [0, 0.05) is 25.2 Å². The number of aromatic carboxylic acids is 1. The van der Waals surface area contributed by atoms with Gasteiger partial charge in [0.25, 0.3) is 0 Å². The summed E-state index contributed by atoms with van der Waals surface area (Å²) in [5.41, 5.74) is 0.333. The number of aromatic nitrogens is 1. The minimum absolute atomic E-state index is 0.00328. The Hall–Kier alpha value is -2.65. The number of hydrogen-bond donors (Lipinski definition) is 1. The second-order valence-electron chi connectivity index (χ2n) is 6.73. The fourth-order valence-electron chi connectivity index (χ4n) is 3.72. The van der Waals surface area contributed by atoms with Crippen molar-refractivity contribution in [1.29, 1.82) is 0 Å². The summed E-state index contributed by atoms with van der Waals surface area (Å²) in [6.45, 7) is 2.62. The number of fused-ring (bicyclic) bond motifs is 1. The molecule has 2 atom stereocenters. The monoisotopic (exact) mass is 377 g/mol.